The lowest BCUT2D eigenvalue weighted by atomic mass is 10.0. The van der Waals surface area contributed by atoms with Gasteiger partial charge in [-0.25, -0.2) is 0 Å². The molecule has 0 aromatic heterocycles. The summed E-state index contributed by atoms with van der Waals surface area (Å²) in [7, 11) is 0. The standard InChI is InChI=1S/C16H16N2/c1-3-7-13-11(5-1)9-15(17-13)16-10-12-6-2-4-8-14(12)18-16/h1-8,15-18H,9-10H2. The highest BCUT2D eigenvalue weighted by Gasteiger charge is 2.31. The molecule has 2 atom stereocenters. The lowest BCUT2D eigenvalue weighted by molar-refractivity contribution is 0.621. The number of hydrogen-bond acceptors (Lipinski definition) is 2. The number of fused-ring (bicyclic) bond motifs is 2. The van der Waals surface area contributed by atoms with Gasteiger partial charge in [0.2, 0.25) is 0 Å². The van der Waals surface area contributed by atoms with Crippen molar-refractivity contribution in [2.45, 2.75) is 24.9 Å². The summed E-state index contributed by atoms with van der Waals surface area (Å²) in [6.45, 7) is 0. The molecule has 2 N–H and O–H groups in total. The van der Waals surface area contributed by atoms with Crippen molar-refractivity contribution in [1.82, 2.24) is 0 Å². The first kappa shape index (κ1) is 10.0. The highest BCUT2D eigenvalue weighted by molar-refractivity contribution is 5.61. The molecule has 2 nitrogen and oxygen atoms in total. The molecular formula is C16H16N2. The summed E-state index contributed by atoms with van der Waals surface area (Å²) in [5.41, 5.74) is 5.50. The van der Waals surface area contributed by atoms with Crippen LogP contribution in [0.2, 0.25) is 0 Å². The summed E-state index contributed by atoms with van der Waals surface area (Å²) in [4.78, 5) is 0. The van der Waals surface area contributed by atoms with Gasteiger partial charge in [0.25, 0.3) is 0 Å². The zero-order valence-corrected chi connectivity index (χ0v) is 10.2. The second-order valence-corrected chi connectivity index (χ2v) is 5.22. The third-order valence-electron chi connectivity index (χ3n) is 4.08. The molecule has 4 rings (SSSR count). The number of hydrogen-bond donors (Lipinski definition) is 2. The minimum Gasteiger partial charge on any atom is -0.380 e. The Morgan fingerprint density at radius 1 is 0.667 bits per heavy atom. The van der Waals surface area contributed by atoms with Crippen molar-refractivity contribution in [3.05, 3.63) is 59.7 Å². The summed E-state index contributed by atoms with van der Waals surface area (Å²) in [5, 5.41) is 7.30. The van der Waals surface area contributed by atoms with Gasteiger partial charge in [0, 0.05) is 11.4 Å². The SMILES string of the molecule is c1ccc2c(c1)CC(C1Cc3ccccc3N1)N2. The largest absolute Gasteiger partial charge is 0.380 e. The molecule has 0 bridgehead atoms. The van der Waals surface area contributed by atoms with Gasteiger partial charge in [0.05, 0.1) is 12.1 Å². The first-order valence-electron chi connectivity index (χ1n) is 6.59. The summed E-state index contributed by atoms with van der Waals surface area (Å²) >= 11 is 0. The van der Waals surface area contributed by atoms with Gasteiger partial charge in [-0.05, 0) is 36.1 Å². The minimum atomic E-state index is 0.509. The molecule has 0 fully saturated rings. The Labute approximate surface area is 107 Å². The number of rotatable bonds is 1. The fourth-order valence-electron chi connectivity index (χ4n) is 3.14. The molecule has 2 heteroatoms. The fourth-order valence-corrected chi connectivity index (χ4v) is 3.14. The van der Waals surface area contributed by atoms with Gasteiger partial charge in [-0.15, -0.1) is 0 Å². The van der Waals surface area contributed by atoms with Crippen LogP contribution in [-0.2, 0) is 12.8 Å². The molecule has 0 saturated carbocycles. The summed E-state index contributed by atoms with van der Waals surface area (Å²) in [6, 6.07) is 18.3. The van der Waals surface area contributed by atoms with Crippen molar-refractivity contribution in [1.29, 1.82) is 0 Å². The zero-order valence-electron chi connectivity index (χ0n) is 10.2. The number of benzene rings is 2. The second-order valence-electron chi connectivity index (χ2n) is 5.22. The summed E-state index contributed by atoms with van der Waals surface area (Å²) in [6.07, 6.45) is 2.25. The molecule has 2 aromatic carbocycles. The predicted molar refractivity (Wildman–Crippen MR) is 75.1 cm³/mol. The van der Waals surface area contributed by atoms with Crippen LogP contribution in [0, 0.1) is 0 Å². The van der Waals surface area contributed by atoms with Crippen LogP contribution in [0.25, 0.3) is 0 Å². The van der Waals surface area contributed by atoms with E-state index < -0.39 is 0 Å². The first-order chi connectivity index (χ1) is 8.90. The van der Waals surface area contributed by atoms with Crippen LogP contribution < -0.4 is 10.6 Å². The monoisotopic (exact) mass is 236 g/mol. The zero-order chi connectivity index (χ0) is 11.9. The average Bonchev–Trinajstić information content (AvgIpc) is 3.02. The molecule has 2 aliphatic heterocycles. The minimum absolute atomic E-state index is 0.509. The Bertz CT molecular complexity index is 488. The Balaban J connectivity index is 1.56. The van der Waals surface area contributed by atoms with E-state index >= 15 is 0 Å². The second kappa shape index (κ2) is 3.77. The van der Waals surface area contributed by atoms with Crippen molar-refractivity contribution in [3.63, 3.8) is 0 Å². The smallest absolute Gasteiger partial charge is 0.0507 e. The van der Waals surface area contributed by atoms with Gasteiger partial charge in [-0.1, -0.05) is 36.4 Å². The number of nitrogens with one attached hydrogen (secondary N) is 2. The third-order valence-corrected chi connectivity index (χ3v) is 4.08. The molecular weight excluding hydrogens is 220 g/mol. The van der Waals surface area contributed by atoms with Crippen molar-refractivity contribution < 1.29 is 0 Å². The van der Waals surface area contributed by atoms with Crippen LogP contribution in [0.4, 0.5) is 11.4 Å². The molecule has 0 amide bonds. The maximum Gasteiger partial charge on any atom is 0.0507 e. The molecule has 2 heterocycles. The molecule has 2 aliphatic rings. The van der Waals surface area contributed by atoms with Gasteiger partial charge in [-0.2, -0.15) is 0 Å². The molecule has 2 unspecified atom stereocenters. The van der Waals surface area contributed by atoms with E-state index in [1.165, 1.54) is 22.5 Å². The average molecular weight is 236 g/mol. The maximum atomic E-state index is 3.65. The lowest BCUT2D eigenvalue weighted by Crippen LogP contribution is -2.36. The predicted octanol–water partition coefficient (Wildman–Crippen LogP) is 3.06. The van der Waals surface area contributed by atoms with E-state index in [0.29, 0.717) is 12.1 Å². The van der Waals surface area contributed by atoms with Crippen molar-refractivity contribution in [2.75, 3.05) is 10.6 Å². The van der Waals surface area contributed by atoms with Gasteiger partial charge in [-0.3, -0.25) is 0 Å². The van der Waals surface area contributed by atoms with E-state index in [1.54, 1.807) is 0 Å². The molecule has 90 valence electrons. The van der Waals surface area contributed by atoms with Crippen LogP contribution in [0.3, 0.4) is 0 Å². The number of anilines is 2. The topological polar surface area (TPSA) is 24.1 Å². The molecule has 2 aromatic rings. The van der Waals surface area contributed by atoms with E-state index in [0.717, 1.165) is 12.8 Å². The van der Waals surface area contributed by atoms with Gasteiger partial charge in [0.1, 0.15) is 0 Å². The fraction of sp³-hybridized carbons (Fsp3) is 0.250. The molecule has 0 aliphatic carbocycles. The summed E-state index contributed by atoms with van der Waals surface area (Å²) in [5.74, 6) is 0. The molecule has 18 heavy (non-hydrogen) atoms. The number of para-hydroxylation sites is 2. The van der Waals surface area contributed by atoms with Crippen molar-refractivity contribution in [2.24, 2.45) is 0 Å². The first-order valence-corrected chi connectivity index (χ1v) is 6.59. The Hall–Kier alpha value is -1.96. The Morgan fingerprint density at radius 2 is 1.11 bits per heavy atom. The van der Waals surface area contributed by atoms with E-state index in [9.17, 15) is 0 Å². The van der Waals surface area contributed by atoms with E-state index in [-0.39, 0.29) is 0 Å². The molecule has 0 radical (unpaired) electrons. The third kappa shape index (κ3) is 1.49. The molecule has 0 spiro atoms. The van der Waals surface area contributed by atoms with Crippen molar-refractivity contribution in [3.8, 4) is 0 Å². The van der Waals surface area contributed by atoms with Gasteiger partial charge < -0.3 is 10.6 Å². The van der Waals surface area contributed by atoms with Crippen LogP contribution in [-0.4, -0.2) is 12.1 Å². The Morgan fingerprint density at radius 3 is 1.56 bits per heavy atom. The van der Waals surface area contributed by atoms with Crippen LogP contribution in [0.1, 0.15) is 11.1 Å². The van der Waals surface area contributed by atoms with Gasteiger partial charge >= 0.3 is 0 Å². The summed E-state index contributed by atoms with van der Waals surface area (Å²) < 4.78 is 0. The van der Waals surface area contributed by atoms with E-state index in [2.05, 4.69) is 59.2 Å². The van der Waals surface area contributed by atoms with Crippen molar-refractivity contribution >= 4 is 11.4 Å². The van der Waals surface area contributed by atoms with Crippen LogP contribution >= 0.6 is 0 Å². The van der Waals surface area contributed by atoms with Gasteiger partial charge in [0.15, 0.2) is 0 Å². The highest BCUT2D eigenvalue weighted by Crippen LogP contribution is 2.33. The van der Waals surface area contributed by atoms with E-state index in [1.807, 2.05) is 0 Å². The van der Waals surface area contributed by atoms with Crippen LogP contribution in [0.15, 0.2) is 48.5 Å². The normalized spacial score (nSPS) is 24.0. The highest BCUT2D eigenvalue weighted by atomic mass is 15.1. The Kier molecular flexibility index (Phi) is 2.10. The lowest BCUT2D eigenvalue weighted by Gasteiger charge is -2.20. The molecule has 0 saturated heterocycles. The maximum absolute atomic E-state index is 3.65. The van der Waals surface area contributed by atoms with Crippen LogP contribution in [0.5, 0.6) is 0 Å². The van der Waals surface area contributed by atoms with E-state index in [4.69, 9.17) is 0 Å². The quantitative estimate of drug-likeness (QED) is 0.795.